The maximum Gasteiger partial charge on any atom is 0.340 e. The van der Waals surface area contributed by atoms with Crippen LogP contribution in [0.3, 0.4) is 0 Å². The first-order valence-electron chi connectivity index (χ1n) is 19.5. The number of carbonyl (C=O) groups is 2. The molecule has 0 heterocycles. The van der Waals surface area contributed by atoms with Crippen molar-refractivity contribution in [3.63, 3.8) is 0 Å². The number of hydrogen-bond acceptors (Lipinski definition) is 5. The summed E-state index contributed by atoms with van der Waals surface area (Å²) in [4.78, 5) is 23.8. The molecule has 5 nitrogen and oxygen atoms in total. The molecule has 0 aromatic heterocycles. The molecule has 0 amide bonds. The van der Waals surface area contributed by atoms with Gasteiger partial charge in [0.15, 0.2) is 6.10 Å². The van der Waals surface area contributed by atoms with E-state index in [1.54, 1.807) is 0 Å². The highest BCUT2D eigenvalue weighted by molar-refractivity contribution is 5.82. The molecule has 0 saturated heterocycles. The van der Waals surface area contributed by atoms with Crippen LogP contribution in [0.1, 0.15) is 213 Å². The van der Waals surface area contributed by atoms with E-state index in [1.807, 2.05) is 12.2 Å². The Morgan fingerprint density at radius 2 is 0.756 bits per heavy atom. The van der Waals surface area contributed by atoms with Crippen LogP contribution < -0.4 is 0 Å². The number of carbonyl (C=O) groups excluding carboxylic acids is 2. The van der Waals surface area contributed by atoms with Crippen molar-refractivity contribution in [2.45, 2.75) is 219 Å². The minimum Gasteiger partial charge on any atom is -0.435 e. The second kappa shape index (κ2) is 36.8. The fraction of sp³-hybridized carbons (Fsp3) is 0.850. The highest BCUT2D eigenvalue weighted by atomic mass is 16.5. The van der Waals surface area contributed by atoms with Crippen molar-refractivity contribution < 1.29 is 24.2 Å². The van der Waals surface area contributed by atoms with E-state index in [9.17, 15) is 14.7 Å². The Bertz CT molecular complexity index is 686. The van der Waals surface area contributed by atoms with Gasteiger partial charge in [0.2, 0.25) is 0 Å². The smallest absolute Gasteiger partial charge is 0.340 e. The van der Waals surface area contributed by atoms with Crippen LogP contribution in [0.2, 0.25) is 0 Å². The molecule has 5 heteroatoms. The average molecular weight is 635 g/mol. The van der Waals surface area contributed by atoms with Crippen molar-refractivity contribution >= 4 is 11.9 Å². The number of allylic oxidation sites excluding steroid dienone is 2. The summed E-state index contributed by atoms with van der Waals surface area (Å²) >= 11 is 0. The molecule has 0 saturated carbocycles. The van der Waals surface area contributed by atoms with Crippen LogP contribution >= 0.6 is 0 Å². The summed E-state index contributed by atoms with van der Waals surface area (Å²) in [6.45, 7) is 4.54. The Labute approximate surface area is 279 Å². The van der Waals surface area contributed by atoms with E-state index in [-0.39, 0.29) is 0 Å². The van der Waals surface area contributed by atoms with Gasteiger partial charge < -0.3 is 14.6 Å². The largest absolute Gasteiger partial charge is 0.435 e. The van der Waals surface area contributed by atoms with Gasteiger partial charge in [-0.1, -0.05) is 181 Å². The van der Waals surface area contributed by atoms with Crippen LogP contribution in [0.4, 0.5) is 0 Å². The quantitative estimate of drug-likeness (QED) is 0.0426. The van der Waals surface area contributed by atoms with Crippen LogP contribution in [-0.2, 0) is 19.1 Å². The number of hydrogen-bond donors (Lipinski definition) is 1. The highest BCUT2D eigenvalue weighted by Crippen LogP contribution is 2.15. The molecule has 0 aliphatic carbocycles. The highest BCUT2D eigenvalue weighted by Gasteiger charge is 2.20. The molecular formula is C40H74O5. The molecule has 0 radical (unpaired) electrons. The van der Waals surface area contributed by atoms with Gasteiger partial charge in [-0.05, 0) is 37.8 Å². The minimum atomic E-state index is -1.51. The van der Waals surface area contributed by atoms with Gasteiger partial charge in [0, 0.05) is 0 Å². The molecule has 0 bridgehead atoms. The van der Waals surface area contributed by atoms with Crippen LogP contribution in [-0.4, -0.2) is 23.1 Å². The maximum absolute atomic E-state index is 11.9. The normalized spacial score (nSPS) is 12.3. The van der Waals surface area contributed by atoms with Crippen molar-refractivity contribution in [1.82, 2.24) is 0 Å². The maximum atomic E-state index is 11.9. The molecule has 0 aromatic rings. The molecule has 0 fully saturated rings. The third kappa shape index (κ3) is 35.1. The van der Waals surface area contributed by atoms with Crippen molar-refractivity contribution in [3.05, 3.63) is 24.7 Å². The summed E-state index contributed by atoms with van der Waals surface area (Å²) in [7, 11) is 0. The molecule has 45 heavy (non-hydrogen) atoms. The number of unbranched alkanes of at least 4 members (excludes halogenated alkanes) is 28. The van der Waals surface area contributed by atoms with E-state index < -0.39 is 24.5 Å². The molecule has 0 aromatic carbocycles. The Balaban J connectivity index is 3.51. The number of aliphatic hydroxyl groups excluding tert-OH is 1. The number of ether oxygens (including phenoxy) is 2. The second-order valence-electron chi connectivity index (χ2n) is 13.2. The zero-order valence-electron chi connectivity index (χ0n) is 29.9. The molecule has 0 spiro atoms. The summed E-state index contributed by atoms with van der Waals surface area (Å²) in [6.07, 6.45) is 43.4. The van der Waals surface area contributed by atoms with Crippen molar-refractivity contribution in [2.24, 2.45) is 0 Å². The number of rotatable bonds is 35. The molecule has 0 rings (SSSR count). The zero-order chi connectivity index (χ0) is 32.9. The predicted octanol–water partition coefficient (Wildman–Crippen LogP) is 12.6. The van der Waals surface area contributed by atoms with Gasteiger partial charge in [-0.2, -0.15) is 0 Å². The minimum absolute atomic E-state index is 0.408. The SMILES string of the molecule is CCCCCCCCCCCCCCCC/C=C/OC(=O)CC(O)C(=O)O/C=C/CCCCCCCCCCCCCCCC. The monoisotopic (exact) mass is 635 g/mol. The summed E-state index contributed by atoms with van der Waals surface area (Å²) in [5.74, 6) is -1.46. The molecule has 1 atom stereocenters. The Morgan fingerprint density at radius 3 is 1.09 bits per heavy atom. The summed E-state index contributed by atoms with van der Waals surface area (Å²) < 4.78 is 9.98. The van der Waals surface area contributed by atoms with Gasteiger partial charge in [-0.25, -0.2) is 4.79 Å². The van der Waals surface area contributed by atoms with Crippen LogP contribution in [0.5, 0.6) is 0 Å². The van der Waals surface area contributed by atoms with Crippen molar-refractivity contribution in [2.75, 3.05) is 0 Å². The molecule has 0 aliphatic rings. The Hall–Kier alpha value is -1.62. The number of aliphatic hydroxyl groups is 1. The lowest BCUT2D eigenvalue weighted by Crippen LogP contribution is -2.25. The third-order valence-electron chi connectivity index (χ3n) is 8.66. The third-order valence-corrected chi connectivity index (χ3v) is 8.66. The fourth-order valence-corrected chi connectivity index (χ4v) is 5.66. The molecule has 1 N–H and O–H groups in total. The first kappa shape index (κ1) is 43.4. The van der Waals surface area contributed by atoms with Gasteiger partial charge in [0.05, 0.1) is 18.9 Å². The van der Waals surface area contributed by atoms with E-state index in [1.165, 1.54) is 179 Å². The van der Waals surface area contributed by atoms with Crippen LogP contribution in [0, 0.1) is 0 Å². The van der Waals surface area contributed by atoms with E-state index in [0.29, 0.717) is 0 Å². The predicted molar refractivity (Wildman–Crippen MR) is 191 cm³/mol. The zero-order valence-corrected chi connectivity index (χ0v) is 29.9. The lowest BCUT2D eigenvalue weighted by atomic mass is 10.0. The summed E-state index contributed by atoms with van der Waals surface area (Å²) in [6, 6.07) is 0. The van der Waals surface area contributed by atoms with Gasteiger partial charge in [0.1, 0.15) is 0 Å². The van der Waals surface area contributed by atoms with Gasteiger partial charge in [0.25, 0.3) is 0 Å². The van der Waals surface area contributed by atoms with Crippen LogP contribution in [0.15, 0.2) is 24.7 Å². The topological polar surface area (TPSA) is 72.8 Å². The first-order chi connectivity index (χ1) is 22.1. The number of esters is 2. The fourth-order valence-electron chi connectivity index (χ4n) is 5.66. The van der Waals surface area contributed by atoms with Crippen LogP contribution in [0.25, 0.3) is 0 Å². The van der Waals surface area contributed by atoms with E-state index >= 15 is 0 Å². The summed E-state index contributed by atoms with van der Waals surface area (Å²) in [5, 5.41) is 9.93. The molecular weight excluding hydrogens is 560 g/mol. The average Bonchev–Trinajstić information content (AvgIpc) is 3.03. The lowest BCUT2D eigenvalue weighted by molar-refractivity contribution is -0.153. The summed E-state index contributed by atoms with van der Waals surface area (Å²) in [5.41, 5.74) is 0. The second-order valence-corrected chi connectivity index (χ2v) is 13.2. The molecule has 0 aliphatic heterocycles. The Morgan fingerprint density at radius 1 is 0.467 bits per heavy atom. The van der Waals surface area contributed by atoms with Gasteiger partial charge in [-0.15, -0.1) is 0 Å². The van der Waals surface area contributed by atoms with E-state index in [0.717, 1.165) is 25.7 Å². The molecule has 264 valence electrons. The van der Waals surface area contributed by atoms with Gasteiger partial charge >= 0.3 is 11.9 Å². The Kier molecular flexibility index (Phi) is 35.5. The van der Waals surface area contributed by atoms with Crippen molar-refractivity contribution in [1.29, 1.82) is 0 Å². The molecule has 1 unspecified atom stereocenters. The van der Waals surface area contributed by atoms with E-state index in [4.69, 9.17) is 9.47 Å². The van der Waals surface area contributed by atoms with Gasteiger partial charge in [-0.3, -0.25) is 4.79 Å². The van der Waals surface area contributed by atoms with Crippen molar-refractivity contribution in [3.8, 4) is 0 Å². The standard InChI is InChI=1S/C40H74O5/c1-3-5-7-9-11-13-15-17-19-21-23-25-27-29-31-33-35-44-39(42)37-38(41)40(43)45-36-34-32-30-28-26-24-22-20-18-16-14-12-10-8-6-4-2/h33-36,38,41H,3-32,37H2,1-2H3/b35-33+,36-34+. The first-order valence-corrected chi connectivity index (χ1v) is 19.5. The lowest BCUT2D eigenvalue weighted by Gasteiger charge is -2.06. The van der Waals surface area contributed by atoms with E-state index in [2.05, 4.69) is 13.8 Å².